The van der Waals surface area contributed by atoms with Crippen LogP contribution in [0.25, 0.3) is 0 Å². The minimum absolute atomic E-state index is 0.0220. The van der Waals surface area contributed by atoms with Crippen LogP contribution in [-0.2, 0) is 12.8 Å². The topological polar surface area (TPSA) is 42.9 Å². The zero-order chi connectivity index (χ0) is 13.2. The number of hydrogen-bond acceptors (Lipinski definition) is 3. The van der Waals surface area contributed by atoms with Crippen molar-refractivity contribution in [2.24, 2.45) is 0 Å². The molecule has 1 aromatic heterocycles. The van der Waals surface area contributed by atoms with Gasteiger partial charge in [-0.3, -0.25) is 4.79 Å². The van der Waals surface area contributed by atoms with Gasteiger partial charge in [-0.15, -0.1) is 0 Å². The molecule has 0 spiro atoms. The number of aromatic nitrogens is 2. The fraction of sp³-hybridized carbons (Fsp3) is 0.267. The number of Topliss-reactive ketones (excluding diaryl/α,β-unsaturated/α-hetero) is 1. The highest BCUT2D eigenvalue weighted by molar-refractivity contribution is 6.73. The van der Waals surface area contributed by atoms with Crippen molar-refractivity contribution in [3.05, 3.63) is 53.6 Å². The third-order valence-electron chi connectivity index (χ3n) is 3.77. The van der Waals surface area contributed by atoms with E-state index in [2.05, 4.69) is 35.0 Å². The number of carbonyl (C=O) groups is 1. The van der Waals surface area contributed by atoms with E-state index >= 15 is 0 Å². The van der Waals surface area contributed by atoms with Gasteiger partial charge in [-0.1, -0.05) is 42.4 Å². The maximum Gasteiger partial charge on any atom is 0.204 e. The molecule has 94 valence electrons. The van der Waals surface area contributed by atoms with Gasteiger partial charge in [0.25, 0.3) is 0 Å². The fourth-order valence-electron chi connectivity index (χ4n) is 2.68. The lowest BCUT2D eigenvalue weighted by molar-refractivity contribution is 0.0983. The number of hydrogen-bond donors (Lipinski definition) is 0. The summed E-state index contributed by atoms with van der Waals surface area (Å²) in [6.45, 7) is 2.86. The van der Waals surface area contributed by atoms with E-state index in [0.29, 0.717) is 19.0 Å². The van der Waals surface area contributed by atoms with E-state index < -0.39 is 0 Å². The molecule has 0 aliphatic carbocycles. The summed E-state index contributed by atoms with van der Waals surface area (Å²) in [5.41, 5.74) is 3.89. The molecule has 0 fully saturated rings. The summed E-state index contributed by atoms with van der Waals surface area (Å²) in [7, 11) is 0. The Hall–Kier alpha value is -1.97. The molecule has 0 atom stereocenters. The summed E-state index contributed by atoms with van der Waals surface area (Å²) in [6, 6.07) is 8.10. The molecule has 0 unspecified atom stereocenters. The first-order valence-corrected chi connectivity index (χ1v) is 6.66. The Morgan fingerprint density at radius 2 is 2.11 bits per heavy atom. The third-order valence-corrected chi connectivity index (χ3v) is 3.77. The average Bonchev–Trinajstić information content (AvgIpc) is 2.81. The Balaban J connectivity index is 1.81. The number of carbonyl (C=O) groups excluding carboxylic acids is 1. The molecule has 0 bridgehead atoms. The molecule has 2 aromatic rings. The lowest BCUT2D eigenvalue weighted by Crippen LogP contribution is -2.23. The molecule has 0 amide bonds. The van der Waals surface area contributed by atoms with Crippen molar-refractivity contribution in [1.82, 2.24) is 9.97 Å². The van der Waals surface area contributed by atoms with E-state index in [4.69, 9.17) is 0 Å². The van der Waals surface area contributed by atoms with Gasteiger partial charge in [-0.25, -0.2) is 9.97 Å². The number of rotatable bonds is 3. The van der Waals surface area contributed by atoms with Gasteiger partial charge < -0.3 is 0 Å². The number of benzene rings is 1. The first kappa shape index (κ1) is 12.1. The molecule has 0 saturated carbocycles. The van der Waals surface area contributed by atoms with Gasteiger partial charge in [0.1, 0.15) is 0 Å². The van der Waals surface area contributed by atoms with Crippen LogP contribution in [0.3, 0.4) is 0 Å². The van der Waals surface area contributed by atoms with Crippen molar-refractivity contribution >= 4 is 18.0 Å². The molecule has 19 heavy (non-hydrogen) atoms. The number of aryl methyl sites for hydroxylation is 1. The summed E-state index contributed by atoms with van der Waals surface area (Å²) in [6.07, 6.45) is 5.96. The monoisotopic (exact) mass is 250 g/mol. The summed E-state index contributed by atoms with van der Waals surface area (Å²) in [5.74, 6) is 0.280. The maximum absolute atomic E-state index is 12.1. The average molecular weight is 250 g/mol. The number of fused-ring (bicyclic) bond motifs is 1. The van der Waals surface area contributed by atoms with Crippen molar-refractivity contribution in [3.8, 4) is 0 Å². The Kier molecular flexibility index (Phi) is 3.16. The molecular weight excluding hydrogens is 235 g/mol. The minimum Gasteiger partial charge on any atom is -0.290 e. The van der Waals surface area contributed by atoms with Gasteiger partial charge in [-0.05, 0) is 18.1 Å². The van der Waals surface area contributed by atoms with Crippen LogP contribution in [0.15, 0.2) is 36.7 Å². The van der Waals surface area contributed by atoms with Gasteiger partial charge in [-0.2, -0.15) is 0 Å². The summed E-state index contributed by atoms with van der Waals surface area (Å²) in [4.78, 5) is 20.1. The SMILES string of the molecule is CB1CCc2ccc(CC(=O)c3ncccn3)cc21. The van der Waals surface area contributed by atoms with Crippen LogP contribution in [0.2, 0.25) is 13.1 Å². The molecule has 0 saturated heterocycles. The van der Waals surface area contributed by atoms with E-state index in [1.54, 1.807) is 18.5 Å². The van der Waals surface area contributed by atoms with Crippen molar-refractivity contribution in [2.45, 2.75) is 26.0 Å². The van der Waals surface area contributed by atoms with Crippen molar-refractivity contribution in [2.75, 3.05) is 0 Å². The molecule has 1 aliphatic rings. The highest BCUT2D eigenvalue weighted by Gasteiger charge is 2.22. The predicted octanol–water partition coefficient (Wildman–Crippen LogP) is 1.79. The lowest BCUT2D eigenvalue weighted by Gasteiger charge is -2.06. The van der Waals surface area contributed by atoms with Crippen LogP contribution in [0.4, 0.5) is 0 Å². The molecular formula is C15H15BN2O. The summed E-state index contributed by atoms with van der Waals surface area (Å²) in [5, 5.41) is 0. The van der Waals surface area contributed by atoms with Crippen molar-refractivity contribution in [1.29, 1.82) is 0 Å². The maximum atomic E-state index is 12.1. The molecule has 3 rings (SSSR count). The van der Waals surface area contributed by atoms with Crippen molar-refractivity contribution in [3.63, 3.8) is 0 Å². The lowest BCUT2D eigenvalue weighted by atomic mass is 9.48. The van der Waals surface area contributed by atoms with E-state index in [-0.39, 0.29) is 5.78 Å². The van der Waals surface area contributed by atoms with Gasteiger partial charge >= 0.3 is 0 Å². The van der Waals surface area contributed by atoms with E-state index in [0.717, 1.165) is 12.0 Å². The Labute approximate surface area is 113 Å². The second-order valence-electron chi connectivity index (χ2n) is 5.15. The van der Waals surface area contributed by atoms with Gasteiger partial charge in [0.15, 0.2) is 12.5 Å². The molecule has 1 aromatic carbocycles. The van der Waals surface area contributed by atoms with Crippen LogP contribution >= 0.6 is 0 Å². The predicted molar refractivity (Wildman–Crippen MR) is 76.3 cm³/mol. The third kappa shape index (κ3) is 2.43. The van der Waals surface area contributed by atoms with Gasteiger partial charge in [0, 0.05) is 18.8 Å². The molecule has 1 aliphatic heterocycles. The van der Waals surface area contributed by atoms with Gasteiger partial charge in [0.05, 0.1) is 0 Å². The zero-order valence-electron chi connectivity index (χ0n) is 11.0. The number of ketones is 1. The molecule has 2 heterocycles. The van der Waals surface area contributed by atoms with Crippen LogP contribution in [0.1, 0.15) is 21.7 Å². The summed E-state index contributed by atoms with van der Waals surface area (Å²) < 4.78 is 0. The molecule has 3 nitrogen and oxygen atoms in total. The first-order valence-electron chi connectivity index (χ1n) is 6.66. The second kappa shape index (κ2) is 4.96. The van der Waals surface area contributed by atoms with E-state index in [1.807, 2.05) is 0 Å². The Morgan fingerprint density at radius 3 is 2.89 bits per heavy atom. The van der Waals surface area contributed by atoms with Crippen LogP contribution in [-0.4, -0.2) is 22.5 Å². The Morgan fingerprint density at radius 1 is 1.32 bits per heavy atom. The minimum atomic E-state index is -0.0220. The molecule has 0 radical (unpaired) electrons. The quantitative estimate of drug-likeness (QED) is 0.616. The zero-order valence-corrected chi connectivity index (χ0v) is 11.0. The Bertz CT molecular complexity index is 613. The second-order valence-corrected chi connectivity index (χ2v) is 5.15. The molecule has 4 heteroatoms. The van der Waals surface area contributed by atoms with E-state index in [9.17, 15) is 4.79 Å². The fourth-order valence-corrected chi connectivity index (χ4v) is 2.68. The molecule has 0 N–H and O–H groups in total. The highest BCUT2D eigenvalue weighted by atomic mass is 16.1. The highest BCUT2D eigenvalue weighted by Crippen LogP contribution is 2.16. The van der Waals surface area contributed by atoms with Crippen LogP contribution in [0.5, 0.6) is 0 Å². The van der Waals surface area contributed by atoms with Crippen LogP contribution in [0, 0.1) is 0 Å². The first-order chi connectivity index (χ1) is 9.24. The summed E-state index contributed by atoms with van der Waals surface area (Å²) >= 11 is 0. The van der Waals surface area contributed by atoms with Crippen molar-refractivity contribution < 1.29 is 4.79 Å². The van der Waals surface area contributed by atoms with Gasteiger partial charge in [0.2, 0.25) is 5.78 Å². The normalized spacial score (nSPS) is 13.4. The standard InChI is InChI=1S/C15H15BN2O/c1-16-6-5-12-4-3-11(9-13(12)16)10-14(19)15-17-7-2-8-18-15/h2-4,7-9H,5-6,10H2,1H3. The van der Waals surface area contributed by atoms with E-state index in [1.165, 1.54) is 17.3 Å². The largest absolute Gasteiger partial charge is 0.290 e. The van der Waals surface area contributed by atoms with Crippen LogP contribution < -0.4 is 5.46 Å². The smallest absolute Gasteiger partial charge is 0.204 e. The number of nitrogens with zero attached hydrogens (tertiary/aromatic N) is 2.